The second-order valence-corrected chi connectivity index (χ2v) is 10.3. The van der Waals surface area contributed by atoms with Gasteiger partial charge in [0, 0.05) is 12.6 Å². The maximum atomic E-state index is 12.3. The van der Waals surface area contributed by atoms with E-state index in [0.29, 0.717) is 0 Å². The molecule has 0 aromatic carbocycles. The van der Waals surface area contributed by atoms with Gasteiger partial charge in [0.05, 0.1) is 29.5 Å². The summed E-state index contributed by atoms with van der Waals surface area (Å²) in [6, 6.07) is 0. The molecule has 1 aliphatic rings. The van der Waals surface area contributed by atoms with Gasteiger partial charge in [0.1, 0.15) is 12.3 Å². The van der Waals surface area contributed by atoms with Crippen LogP contribution in [0.2, 0.25) is 0 Å². The SMILES string of the molecule is CCOP(=O)(NS(=O)(=O)OC[C@H]1O[C@@H](n2cc(I)c(=O)[nH]c2=O)C[C@@H]1O)OCC. The van der Waals surface area contributed by atoms with Crippen molar-refractivity contribution in [2.45, 2.75) is 38.7 Å². The summed E-state index contributed by atoms with van der Waals surface area (Å²) in [6.45, 7) is 2.24. The molecule has 0 amide bonds. The number of halogens is 1. The standard InChI is InChI=1S/C13H21IN3O10PS/c1-3-24-28(21,25-4-2)16-29(22,23)26-7-10-9(18)5-11(27-10)17-6-8(14)12(19)15-13(17)20/h6,9-11,18H,3-5,7H2,1-2H3,(H,16,21)(H,15,19,20)/t9-,10+,11+/m0/s1. The van der Waals surface area contributed by atoms with Crippen molar-refractivity contribution in [2.75, 3.05) is 19.8 Å². The Bertz CT molecular complexity index is 970. The van der Waals surface area contributed by atoms with E-state index >= 15 is 0 Å². The van der Waals surface area contributed by atoms with E-state index in [1.807, 2.05) is 0 Å². The van der Waals surface area contributed by atoms with Crippen molar-refractivity contribution in [3.8, 4) is 0 Å². The van der Waals surface area contributed by atoms with Gasteiger partial charge in [-0.1, -0.05) is 4.49 Å². The van der Waals surface area contributed by atoms with Crippen molar-refractivity contribution in [2.24, 2.45) is 0 Å². The van der Waals surface area contributed by atoms with E-state index in [1.165, 1.54) is 20.0 Å². The Morgan fingerprint density at radius 2 is 2.00 bits per heavy atom. The average Bonchev–Trinajstić information content (AvgIpc) is 2.97. The van der Waals surface area contributed by atoms with Gasteiger partial charge < -0.3 is 9.84 Å². The molecule has 166 valence electrons. The highest BCUT2D eigenvalue weighted by molar-refractivity contribution is 14.1. The van der Waals surface area contributed by atoms with Crippen LogP contribution < -0.4 is 15.7 Å². The van der Waals surface area contributed by atoms with Gasteiger partial charge in [0.25, 0.3) is 5.56 Å². The van der Waals surface area contributed by atoms with E-state index in [9.17, 15) is 27.7 Å². The van der Waals surface area contributed by atoms with Gasteiger partial charge in [0.2, 0.25) is 0 Å². The molecule has 3 N–H and O–H groups in total. The summed E-state index contributed by atoms with van der Waals surface area (Å²) in [4.78, 5) is 25.5. The number of rotatable bonds is 10. The predicted octanol–water partition coefficient (Wildman–Crippen LogP) is -0.178. The minimum atomic E-state index is -4.57. The van der Waals surface area contributed by atoms with Gasteiger partial charge >= 0.3 is 23.7 Å². The lowest BCUT2D eigenvalue weighted by Crippen LogP contribution is -2.34. The fraction of sp³-hybridized carbons (Fsp3) is 0.692. The summed E-state index contributed by atoms with van der Waals surface area (Å²) in [7, 11) is -8.71. The van der Waals surface area contributed by atoms with E-state index in [4.69, 9.17) is 18.0 Å². The van der Waals surface area contributed by atoms with E-state index < -0.39 is 54.3 Å². The van der Waals surface area contributed by atoms with E-state index in [1.54, 1.807) is 27.1 Å². The molecular formula is C13H21IN3O10PS. The fourth-order valence-electron chi connectivity index (χ4n) is 2.46. The quantitative estimate of drug-likeness (QED) is 0.253. The number of H-pyrrole nitrogens is 1. The first kappa shape index (κ1) is 24.6. The number of hydrogen-bond donors (Lipinski definition) is 3. The first-order chi connectivity index (χ1) is 13.5. The van der Waals surface area contributed by atoms with Gasteiger partial charge in [-0.3, -0.25) is 27.6 Å². The Kier molecular flexibility index (Phi) is 8.58. The molecule has 2 rings (SSSR count). The molecule has 0 bridgehead atoms. The number of aromatic nitrogens is 2. The van der Waals surface area contributed by atoms with E-state index in [0.717, 1.165) is 4.57 Å². The van der Waals surface area contributed by atoms with Gasteiger partial charge in [0.15, 0.2) is 0 Å². The van der Waals surface area contributed by atoms with Crippen molar-refractivity contribution in [1.29, 1.82) is 0 Å². The highest BCUT2D eigenvalue weighted by Gasteiger charge is 2.38. The van der Waals surface area contributed by atoms with Crippen molar-refractivity contribution < 1.29 is 36.1 Å². The number of nitrogens with one attached hydrogen (secondary N) is 2. The molecule has 0 aliphatic carbocycles. The van der Waals surface area contributed by atoms with Crippen molar-refractivity contribution in [3.63, 3.8) is 0 Å². The summed E-state index contributed by atoms with van der Waals surface area (Å²) in [5, 5.41) is 10.1. The van der Waals surface area contributed by atoms with Crippen LogP contribution in [0.3, 0.4) is 0 Å². The van der Waals surface area contributed by atoms with Crippen LogP contribution >= 0.6 is 30.3 Å². The molecule has 13 nitrogen and oxygen atoms in total. The molecule has 1 fully saturated rings. The van der Waals surface area contributed by atoms with Crippen LogP contribution in [0.5, 0.6) is 0 Å². The molecule has 1 aliphatic heterocycles. The van der Waals surface area contributed by atoms with Crippen molar-refractivity contribution >= 4 is 40.6 Å². The third kappa shape index (κ3) is 6.67. The maximum Gasteiger partial charge on any atom is 0.420 e. The lowest BCUT2D eigenvalue weighted by atomic mass is 10.2. The summed E-state index contributed by atoms with van der Waals surface area (Å²) in [6.07, 6.45) is -1.98. The Balaban J connectivity index is 2.04. The topological polar surface area (TPSA) is 175 Å². The Hall–Kier alpha value is -0.650. The zero-order valence-corrected chi connectivity index (χ0v) is 19.3. The fourth-order valence-corrected chi connectivity index (χ4v) is 5.69. The van der Waals surface area contributed by atoms with Crippen molar-refractivity contribution in [1.82, 2.24) is 14.0 Å². The van der Waals surface area contributed by atoms with Gasteiger partial charge in [-0.2, -0.15) is 8.42 Å². The lowest BCUT2D eigenvalue weighted by molar-refractivity contribution is -0.0402. The molecule has 0 saturated carbocycles. The largest absolute Gasteiger partial charge is 0.420 e. The molecule has 0 spiro atoms. The molecular weight excluding hydrogens is 548 g/mol. The van der Waals surface area contributed by atoms with E-state index in [-0.39, 0.29) is 23.2 Å². The molecule has 29 heavy (non-hydrogen) atoms. The van der Waals surface area contributed by atoms with E-state index in [2.05, 4.69) is 4.98 Å². The van der Waals surface area contributed by atoms with Crippen LogP contribution in [-0.2, 0) is 32.8 Å². The predicted molar refractivity (Wildman–Crippen MR) is 107 cm³/mol. The Morgan fingerprint density at radius 1 is 1.38 bits per heavy atom. The number of aliphatic hydroxyl groups excluding tert-OH is 1. The molecule has 2 heterocycles. The normalized spacial score (nSPS) is 22.8. The molecule has 1 aromatic heterocycles. The van der Waals surface area contributed by atoms with Crippen LogP contribution in [0.1, 0.15) is 26.5 Å². The average molecular weight is 569 g/mol. The molecule has 3 atom stereocenters. The maximum absolute atomic E-state index is 12.3. The highest BCUT2D eigenvalue weighted by Crippen LogP contribution is 2.44. The van der Waals surface area contributed by atoms with Crippen LogP contribution in [0.15, 0.2) is 15.8 Å². The second kappa shape index (κ2) is 10.1. The zero-order valence-electron chi connectivity index (χ0n) is 15.4. The zero-order chi connectivity index (χ0) is 21.8. The first-order valence-electron chi connectivity index (χ1n) is 8.42. The number of aromatic amines is 1. The molecule has 16 heteroatoms. The summed E-state index contributed by atoms with van der Waals surface area (Å²) in [5.41, 5.74) is -1.30. The lowest BCUT2D eigenvalue weighted by Gasteiger charge is -2.19. The smallest absolute Gasteiger partial charge is 0.390 e. The monoisotopic (exact) mass is 569 g/mol. The molecule has 1 aromatic rings. The molecule has 0 unspecified atom stereocenters. The van der Waals surface area contributed by atoms with Crippen LogP contribution in [0.4, 0.5) is 0 Å². The summed E-state index contributed by atoms with van der Waals surface area (Å²) < 4.78 is 59.2. The first-order valence-corrected chi connectivity index (χ1v) is 12.4. The molecule has 1 saturated heterocycles. The Morgan fingerprint density at radius 3 is 2.59 bits per heavy atom. The number of hydrogen-bond acceptors (Lipinski definition) is 10. The van der Waals surface area contributed by atoms with Gasteiger partial charge in [-0.25, -0.2) is 9.36 Å². The summed E-state index contributed by atoms with van der Waals surface area (Å²) >= 11 is 1.73. The van der Waals surface area contributed by atoms with Crippen LogP contribution in [0, 0.1) is 3.57 Å². The number of aliphatic hydroxyl groups is 1. The number of ether oxygens (including phenoxy) is 1. The van der Waals surface area contributed by atoms with Crippen molar-refractivity contribution in [3.05, 3.63) is 30.6 Å². The summed E-state index contributed by atoms with van der Waals surface area (Å²) in [5.74, 6) is 0. The second-order valence-electron chi connectivity index (χ2n) is 5.74. The Labute approximate surface area is 179 Å². The minimum Gasteiger partial charge on any atom is -0.390 e. The van der Waals surface area contributed by atoms with Crippen LogP contribution in [-0.4, -0.2) is 55.1 Å². The molecule has 0 radical (unpaired) electrons. The third-order valence-corrected chi connectivity index (χ3v) is 7.85. The van der Waals surface area contributed by atoms with Gasteiger partial charge in [-0.15, -0.1) is 0 Å². The third-order valence-electron chi connectivity index (χ3n) is 3.65. The van der Waals surface area contributed by atoms with Gasteiger partial charge in [-0.05, 0) is 36.4 Å². The highest BCUT2D eigenvalue weighted by atomic mass is 127. The minimum absolute atomic E-state index is 0.0417. The van der Waals surface area contributed by atoms with Crippen LogP contribution in [0.25, 0.3) is 0 Å². The number of nitrogens with zero attached hydrogens (tertiary/aromatic N) is 1.